The van der Waals surface area contributed by atoms with Gasteiger partial charge in [0, 0.05) is 0 Å². The second-order valence-electron chi connectivity index (χ2n) is 4.21. The van der Waals surface area contributed by atoms with Gasteiger partial charge in [0.15, 0.2) is 0 Å². The summed E-state index contributed by atoms with van der Waals surface area (Å²) < 4.78 is 0. The van der Waals surface area contributed by atoms with Crippen molar-refractivity contribution in [3.05, 3.63) is 35.9 Å². The Balaban J connectivity index is 1.95. The van der Waals surface area contributed by atoms with Gasteiger partial charge in [-0.15, -0.1) is 0 Å². The van der Waals surface area contributed by atoms with Gasteiger partial charge in [-0.3, -0.25) is 5.32 Å². The first-order valence-corrected chi connectivity index (χ1v) is 5.55. The molecule has 2 heteroatoms. The molecule has 1 aliphatic heterocycles. The molecule has 0 aliphatic carbocycles. The average Bonchev–Trinajstić information content (AvgIpc) is 2.77. The first kappa shape index (κ1) is 10.2. The largest absolute Gasteiger partial charge is 0.299 e. The fraction of sp³-hybridized carbons (Fsp3) is 0.462. The summed E-state index contributed by atoms with van der Waals surface area (Å²) in [6.45, 7) is 0.988. The summed E-state index contributed by atoms with van der Waals surface area (Å²) in [6.07, 6.45) is 4.04. The zero-order valence-corrected chi connectivity index (χ0v) is 8.87. The Labute approximate surface area is 90.9 Å². The number of nitriles is 1. The van der Waals surface area contributed by atoms with Gasteiger partial charge in [0.2, 0.25) is 0 Å². The minimum Gasteiger partial charge on any atom is -0.299 e. The van der Waals surface area contributed by atoms with E-state index >= 15 is 0 Å². The molecule has 2 rings (SSSR count). The number of nitrogens with one attached hydrogen (secondary N) is 1. The van der Waals surface area contributed by atoms with Crippen LogP contribution in [0.3, 0.4) is 0 Å². The molecule has 1 aromatic carbocycles. The van der Waals surface area contributed by atoms with Gasteiger partial charge in [-0.2, -0.15) is 5.26 Å². The van der Waals surface area contributed by atoms with Gasteiger partial charge >= 0.3 is 0 Å². The molecule has 1 heterocycles. The van der Waals surface area contributed by atoms with E-state index in [1.807, 2.05) is 6.07 Å². The first-order chi connectivity index (χ1) is 7.35. The van der Waals surface area contributed by atoms with Crippen LogP contribution < -0.4 is 5.32 Å². The Bertz CT molecular complexity index is 345. The maximum Gasteiger partial charge on any atom is 0.107 e. The van der Waals surface area contributed by atoms with Crippen molar-refractivity contribution >= 4 is 0 Å². The highest BCUT2D eigenvalue weighted by molar-refractivity contribution is 5.18. The zero-order valence-electron chi connectivity index (χ0n) is 8.87. The highest BCUT2D eigenvalue weighted by atomic mass is 15.0. The third-order valence-corrected chi connectivity index (χ3v) is 3.14. The van der Waals surface area contributed by atoms with Crippen LogP contribution in [0.5, 0.6) is 0 Å². The first-order valence-electron chi connectivity index (χ1n) is 5.55. The van der Waals surface area contributed by atoms with Gasteiger partial charge < -0.3 is 0 Å². The minimum atomic E-state index is -0.254. The third-order valence-electron chi connectivity index (χ3n) is 3.14. The van der Waals surface area contributed by atoms with E-state index in [0.717, 1.165) is 32.2 Å². The average molecular weight is 200 g/mol. The van der Waals surface area contributed by atoms with Crippen LogP contribution in [-0.2, 0) is 6.42 Å². The van der Waals surface area contributed by atoms with E-state index in [1.165, 1.54) is 5.56 Å². The van der Waals surface area contributed by atoms with Crippen molar-refractivity contribution < 1.29 is 0 Å². The maximum atomic E-state index is 9.18. The second-order valence-corrected chi connectivity index (χ2v) is 4.21. The monoisotopic (exact) mass is 200 g/mol. The van der Waals surface area contributed by atoms with E-state index in [1.54, 1.807) is 0 Å². The number of aryl methyl sites for hydroxylation is 1. The third kappa shape index (κ3) is 2.37. The molecule has 0 spiro atoms. The van der Waals surface area contributed by atoms with E-state index in [2.05, 4.69) is 35.7 Å². The van der Waals surface area contributed by atoms with Crippen molar-refractivity contribution in [2.24, 2.45) is 0 Å². The van der Waals surface area contributed by atoms with Crippen LogP contribution in [0, 0.1) is 11.3 Å². The topological polar surface area (TPSA) is 35.8 Å². The lowest BCUT2D eigenvalue weighted by molar-refractivity contribution is 0.447. The molecular formula is C13H16N2. The van der Waals surface area contributed by atoms with Gasteiger partial charge in [-0.1, -0.05) is 30.3 Å². The fourth-order valence-corrected chi connectivity index (χ4v) is 2.17. The van der Waals surface area contributed by atoms with Gasteiger partial charge in [0.05, 0.1) is 6.07 Å². The maximum absolute atomic E-state index is 9.18. The SMILES string of the molecule is N#CC1(CCc2ccccc2)CCCN1. The van der Waals surface area contributed by atoms with E-state index in [-0.39, 0.29) is 5.54 Å². The van der Waals surface area contributed by atoms with Crippen molar-refractivity contribution in [3.8, 4) is 6.07 Å². The van der Waals surface area contributed by atoms with Gasteiger partial charge in [0.25, 0.3) is 0 Å². The lowest BCUT2D eigenvalue weighted by Gasteiger charge is -2.20. The molecule has 0 amide bonds. The van der Waals surface area contributed by atoms with Crippen LogP contribution in [-0.4, -0.2) is 12.1 Å². The number of hydrogen-bond donors (Lipinski definition) is 1. The molecule has 0 radical (unpaired) electrons. The smallest absolute Gasteiger partial charge is 0.107 e. The molecule has 1 fully saturated rings. The summed E-state index contributed by atoms with van der Waals surface area (Å²) in [6, 6.07) is 12.8. The summed E-state index contributed by atoms with van der Waals surface area (Å²) in [5, 5.41) is 12.5. The Kier molecular flexibility index (Phi) is 3.03. The van der Waals surface area contributed by atoms with Crippen molar-refractivity contribution in [3.63, 3.8) is 0 Å². The van der Waals surface area contributed by atoms with Crippen molar-refractivity contribution in [2.45, 2.75) is 31.2 Å². The Morgan fingerprint density at radius 1 is 1.33 bits per heavy atom. The van der Waals surface area contributed by atoms with Crippen molar-refractivity contribution in [1.82, 2.24) is 5.32 Å². The Morgan fingerprint density at radius 3 is 2.73 bits per heavy atom. The standard InChI is InChI=1S/C13H16N2/c14-11-13(8-4-10-15-13)9-7-12-5-2-1-3-6-12/h1-3,5-6,15H,4,7-10H2. The van der Waals surface area contributed by atoms with Crippen LogP contribution in [0.2, 0.25) is 0 Å². The van der Waals surface area contributed by atoms with Crippen LogP contribution in [0.1, 0.15) is 24.8 Å². The molecule has 0 saturated carbocycles. The highest BCUT2D eigenvalue weighted by Crippen LogP contribution is 2.24. The number of hydrogen-bond acceptors (Lipinski definition) is 2. The van der Waals surface area contributed by atoms with E-state index < -0.39 is 0 Å². The number of benzene rings is 1. The van der Waals surface area contributed by atoms with Gasteiger partial charge in [-0.25, -0.2) is 0 Å². The van der Waals surface area contributed by atoms with Crippen LogP contribution in [0.25, 0.3) is 0 Å². The van der Waals surface area contributed by atoms with Crippen LogP contribution in [0.15, 0.2) is 30.3 Å². The molecule has 0 bridgehead atoms. The normalized spacial score (nSPS) is 25.0. The Morgan fingerprint density at radius 2 is 2.13 bits per heavy atom. The van der Waals surface area contributed by atoms with Crippen molar-refractivity contribution in [1.29, 1.82) is 5.26 Å². The highest BCUT2D eigenvalue weighted by Gasteiger charge is 2.32. The number of rotatable bonds is 3. The molecule has 78 valence electrons. The summed E-state index contributed by atoms with van der Waals surface area (Å²) in [5.41, 5.74) is 1.07. The summed E-state index contributed by atoms with van der Waals surface area (Å²) >= 11 is 0. The van der Waals surface area contributed by atoms with Crippen molar-refractivity contribution in [2.75, 3.05) is 6.54 Å². The van der Waals surface area contributed by atoms with Gasteiger partial charge in [-0.05, 0) is 37.8 Å². The molecule has 1 unspecified atom stereocenters. The summed E-state index contributed by atoms with van der Waals surface area (Å²) in [4.78, 5) is 0. The molecular weight excluding hydrogens is 184 g/mol. The second kappa shape index (κ2) is 4.46. The summed E-state index contributed by atoms with van der Waals surface area (Å²) in [7, 11) is 0. The molecule has 2 nitrogen and oxygen atoms in total. The molecule has 15 heavy (non-hydrogen) atoms. The lowest BCUT2D eigenvalue weighted by Crippen LogP contribution is -2.38. The van der Waals surface area contributed by atoms with Crippen LogP contribution in [0.4, 0.5) is 0 Å². The van der Waals surface area contributed by atoms with E-state index in [4.69, 9.17) is 0 Å². The number of nitrogens with zero attached hydrogens (tertiary/aromatic N) is 1. The predicted octanol–water partition coefficient (Wildman–Crippen LogP) is 2.26. The van der Waals surface area contributed by atoms with Gasteiger partial charge in [0.1, 0.15) is 5.54 Å². The minimum absolute atomic E-state index is 0.254. The molecule has 1 aromatic rings. The molecule has 1 aliphatic rings. The quantitative estimate of drug-likeness (QED) is 0.812. The van der Waals surface area contributed by atoms with Crippen LogP contribution >= 0.6 is 0 Å². The molecule has 0 aromatic heterocycles. The molecule has 1 N–H and O–H groups in total. The summed E-state index contributed by atoms with van der Waals surface area (Å²) in [5.74, 6) is 0. The fourth-order valence-electron chi connectivity index (χ4n) is 2.17. The lowest BCUT2D eigenvalue weighted by atomic mass is 9.91. The zero-order chi connectivity index (χ0) is 10.6. The van der Waals surface area contributed by atoms with E-state index in [0.29, 0.717) is 0 Å². The Hall–Kier alpha value is -1.33. The molecule has 1 atom stereocenters. The predicted molar refractivity (Wildman–Crippen MR) is 60.3 cm³/mol. The molecule has 1 saturated heterocycles. The van der Waals surface area contributed by atoms with E-state index in [9.17, 15) is 5.26 Å².